The molecule has 2 heterocycles. The largest absolute Gasteiger partial charge is 0.352 e. The van der Waals surface area contributed by atoms with Crippen LogP contribution in [0.2, 0.25) is 0 Å². The summed E-state index contributed by atoms with van der Waals surface area (Å²) in [4.78, 5) is 31.1. The molecule has 5 heteroatoms. The van der Waals surface area contributed by atoms with E-state index in [1.807, 2.05) is 47.4 Å². The molecule has 0 saturated carbocycles. The number of likely N-dealkylation sites (tertiary alicyclic amines) is 1. The smallest absolute Gasteiger partial charge is 0.255 e. The molecule has 1 N–H and O–H groups in total. The van der Waals surface area contributed by atoms with Gasteiger partial charge >= 0.3 is 0 Å². The molecule has 2 aromatic carbocycles. The second-order valence-corrected chi connectivity index (χ2v) is 7.65. The maximum atomic E-state index is 12.7. The van der Waals surface area contributed by atoms with Gasteiger partial charge in [0.05, 0.1) is 5.56 Å². The van der Waals surface area contributed by atoms with E-state index in [1.165, 1.54) is 0 Å². The minimum Gasteiger partial charge on any atom is -0.352 e. The van der Waals surface area contributed by atoms with Crippen molar-refractivity contribution in [3.63, 3.8) is 0 Å². The van der Waals surface area contributed by atoms with Crippen molar-refractivity contribution in [2.45, 2.75) is 12.8 Å². The molecule has 0 unspecified atom stereocenters. The van der Waals surface area contributed by atoms with Gasteiger partial charge in [-0.3, -0.25) is 14.6 Å². The van der Waals surface area contributed by atoms with Crippen molar-refractivity contribution in [3.05, 3.63) is 90.3 Å². The number of piperidine rings is 1. The van der Waals surface area contributed by atoms with Crippen molar-refractivity contribution in [1.29, 1.82) is 0 Å². The summed E-state index contributed by atoms with van der Waals surface area (Å²) < 4.78 is 0. The Morgan fingerprint density at radius 2 is 1.70 bits per heavy atom. The molecular weight excluding hydrogens is 374 g/mol. The number of amides is 2. The molecule has 1 atom stereocenters. The first kappa shape index (κ1) is 19.8. The topological polar surface area (TPSA) is 62.3 Å². The first-order chi connectivity index (χ1) is 14.7. The third-order valence-electron chi connectivity index (χ3n) is 5.52. The summed E-state index contributed by atoms with van der Waals surface area (Å²) in [6.45, 7) is 1.97. The Kier molecular flexibility index (Phi) is 6.18. The summed E-state index contributed by atoms with van der Waals surface area (Å²) in [5.74, 6) is 0.188. The van der Waals surface area contributed by atoms with E-state index in [0.717, 1.165) is 30.5 Å². The number of pyridine rings is 1. The van der Waals surface area contributed by atoms with E-state index >= 15 is 0 Å². The Balaban J connectivity index is 1.32. The summed E-state index contributed by atoms with van der Waals surface area (Å²) in [7, 11) is 0. The van der Waals surface area contributed by atoms with Crippen LogP contribution in [0.5, 0.6) is 0 Å². The molecule has 5 nitrogen and oxygen atoms in total. The number of aromatic nitrogens is 1. The van der Waals surface area contributed by atoms with Crippen molar-refractivity contribution in [1.82, 2.24) is 15.2 Å². The zero-order chi connectivity index (χ0) is 20.8. The maximum absolute atomic E-state index is 12.7. The number of nitrogens with zero attached hydrogens (tertiary/aromatic N) is 2. The van der Waals surface area contributed by atoms with Gasteiger partial charge in [-0.1, -0.05) is 42.5 Å². The number of hydrogen-bond donors (Lipinski definition) is 1. The molecule has 0 aliphatic carbocycles. The van der Waals surface area contributed by atoms with Crippen LogP contribution in [0, 0.1) is 5.92 Å². The van der Waals surface area contributed by atoms with Gasteiger partial charge in [0.2, 0.25) is 0 Å². The van der Waals surface area contributed by atoms with Gasteiger partial charge in [0, 0.05) is 37.6 Å². The summed E-state index contributed by atoms with van der Waals surface area (Å²) in [5, 5.41) is 3.04. The number of rotatable bonds is 5. The summed E-state index contributed by atoms with van der Waals surface area (Å²) in [6.07, 6.45) is 5.22. The molecule has 1 aliphatic rings. The molecule has 3 aromatic rings. The van der Waals surface area contributed by atoms with Gasteiger partial charge in [0.1, 0.15) is 0 Å². The summed E-state index contributed by atoms with van der Waals surface area (Å²) >= 11 is 0. The number of nitrogens with one attached hydrogen (secondary N) is 1. The Labute approximate surface area is 176 Å². The van der Waals surface area contributed by atoms with E-state index in [1.54, 1.807) is 24.5 Å². The maximum Gasteiger partial charge on any atom is 0.255 e. The quantitative estimate of drug-likeness (QED) is 0.705. The van der Waals surface area contributed by atoms with Crippen LogP contribution in [0.15, 0.2) is 79.1 Å². The van der Waals surface area contributed by atoms with Crippen LogP contribution < -0.4 is 5.32 Å². The molecule has 1 aliphatic heterocycles. The second-order valence-electron chi connectivity index (χ2n) is 7.65. The molecule has 0 bridgehead atoms. The van der Waals surface area contributed by atoms with Crippen LogP contribution in [0.1, 0.15) is 33.6 Å². The van der Waals surface area contributed by atoms with Gasteiger partial charge in [-0.05, 0) is 54.2 Å². The highest BCUT2D eigenvalue weighted by Gasteiger charge is 2.25. The third-order valence-corrected chi connectivity index (χ3v) is 5.52. The zero-order valence-electron chi connectivity index (χ0n) is 16.8. The third kappa shape index (κ3) is 4.74. The van der Waals surface area contributed by atoms with E-state index in [0.29, 0.717) is 24.2 Å². The number of carbonyl (C=O) groups excluding carboxylic acids is 2. The zero-order valence-corrected chi connectivity index (χ0v) is 16.8. The standard InChI is InChI=1S/C25H25N3O2/c29-24(22-12-10-21(11-13-22)20-7-2-1-3-8-20)27-16-19-6-5-15-28(18-19)25(30)23-9-4-14-26-17-23/h1-4,7-14,17,19H,5-6,15-16,18H2,(H,27,29)/t19-/m0/s1. The van der Waals surface area contributed by atoms with Gasteiger partial charge in [0.25, 0.3) is 11.8 Å². The minimum atomic E-state index is -0.0784. The molecule has 1 fully saturated rings. The Bertz CT molecular complexity index is 988. The highest BCUT2D eigenvalue weighted by molar-refractivity contribution is 5.95. The van der Waals surface area contributed by atoms with Crippen LogP contribution in [0.3, 0.4) is 0 Å². The monoisotopic (exact) mass is 399 g/mol. The fraction of sp³-hybridized carbons (Fsp3) is 0.240. The second kappa shape index (κ2) is 9.35. The molecule has 1 saturated heterocycles. The lowest BCUT2D eigenvalue weighted by molar-refractivity contribution is 0.0670. The van der Waals surface area contributed by atoms with Gasteiger partial charge in [-0.2, -0.15) is 0 Å². The first-order valence-corrected chi connectivity index (χ1v) is 10.3. The summed E-state index contributed by atoms with van der Waals surface area (Å²) in [6, 6.07) is 21.3. The Morgan fingerprint density at radius 3 is 2.43 bits per heavy atom. The van der Waals surface area contributed by atoms with Crippen molar-refractivity contribution in [2.75, 3.05) is 19.6 Å². The molecule has 0 radical (unpaired) electrons. The van der Waals surface area contributed by atoms with E-state index in [2.05, 4.69) is 22.4 Å². The predicted octanol–water partition coefficient (Wildman–Crippen LogP) is 4.03. The molecule has 4 rings (SSSR count). The average Bonchev–Trinajstić information content (AvgIpc) is 2.83. The van der Waals surface area contributed by atoms with Gasteiger partial charge < -0.3 is 10.2 Å². The molecule has 0 spiro atoms. The highest BCUT2D eigenvalue weighted by Crippen LogP contribution is 2.20. The lowest BCUT2D eigenvalue weighted by Gasteiger charge is -2.33. The fourth-order valence-corrected chi connectivity index (χ4v) is 3.87. The van der Waals surface area contributed by atoms with Crippen LogP contribution in [-0.4, -0.2) is 41.3 Å². The summed E-state index contributed by atoms with van der Waals surface area (Å²) in [5.41, 5.74) is 3.48. The van der Waals surface area contributed by atoms with Crippen LogP contribution in [0.4, 0.5) is 0 Å². The van der Waals surface area contributed by atoms with Crippen LogP contribution in [0.25, 0.3) is 11.1 Å². The molecule has 2 amide bonds. The molecule has 152 valence electrons. The van der Waals surface area contributed by atoms with E-state index in [4.69, 9.17) is 0 Å². The lowest BCUT2D eigenvalue weighted by atomic mass is 9.97. The van der Waals surface area contributed by atoms with Crippen LogP contribution >= 0.6 is 0 Å². The average molecular weight is 399 g/mol. The number of carbonyl (C=O) groups is 2. The van der Waals surface area contributed by atoms with E-state index < -0.39 is 0 Å². The predicted molar refractivity (Wildman–Crippen MR) is 117 cm³/mol. The molecule has 1 aromatic heterocycles. The Morgan fingerprint density at radius 1 is 0.933 bits per heavy atom. The SMILES string of the molecule is O=C(NC[C@@H]1CCCN(C(=O)c2cccnc2)C1)c1ccc(-c2ccccc2)cc1. The highest BCUT2D eigenvalue weighted by atomic mass is 16.2. The van der Waals surface area contributed by atoms with E-state index in [-0.39, 0.29) is 17.7 Å². The van der Waals surface area contributed by atoms with Gasteiger partial charge in [-0.15, -0.1) is 0 Å². The van der Waals surface area contributed by atoms with E-state index in [9.17, 15) is 9.59 Å². The Hall–Kier alpha value is -3.47. The molecule has 30 heavy (non-hydrogen) atoms. The number of benzene rings is 2. The van der Waals surface area contributed by atoms with Crippen molar-refractivity contribution in [3.8, 4) is 11.1 Å². The van der Waals surface area contributed by atoms with Crippen LogP contribution in [-0.2, 0) is 0 Å². The normalized spacial score (nSPS) is 16.1. The fourth-order valence-electron chi connectivity index (χ4n) is 3.87. The first-order valence-electron chi connectivity index (χ1n) is 10.3. The molecular formula is C25H25N3O2. The van der Waals surface area contributed by atoms with Crippen molar-refractivity contribution in [2.24, 2.45) is 5.92 Å². The van der Waals surface area contributed by atoms with Gasteiger partial charge in [-0.25, -0.2) is 0 Å². The minimum absolute atomic E-state index is 0.00984. The number of hydrogen-bond acceptors (Lipinski definition) is 3. The van der Waals surface area contributed by atoms with Crippen molar-refractivity contribution < 1.29 is 9.59 Å². The van der Waals surface area contributed by atoms with Gasteiger partial charge in [0.15, 0.2) is 0 Å². The lowest BCUT2D eigenvalue weighted by Crippen LogP contribution is -2.43. The van der Waals surface area contributed by atoms with Crippen molar-refractivity contribution >= 4 is 11.8 Å².